The van der Waals surface area contributed by atoms with Gasteiger partial charge in [-0.2, -0.15) is 0 Å². The van der Waals surface area contributed by atoms with Crippen molar-refractivity contribution < 1.29 is 14.7 Å². The smallest absolute Gasteiger partial charge is 0.257 e. The zero-order chi connectivity index (χ0) is 19.6. The van der Waals surface area contributed by atoms with Crippen molar-refractivity contribution in [3.8, 4) is 5.75 Å². The molecular weight excluding hydrogens is 342 g/mol. The van der Waals surface area contributed by atoms with Gasteiger partial charge in [0, 0.05) is 39.3 Å². The van der Waals surface area contributed by atoms with Crippen LogP contribution in [0.2, 0.25) is 0 Å². The molecular formula is C21H31N3O3. The van der Waals surface area contributed by atoms with Crippen molar-refractivity contribution in [2.75, 3.05) is 45.8 Å². The number of carbonyl (C=O) groups is 2. The second kappa shape index (κ2) is 8.30. The van der Waals surface area contributed by atoms with Gasteiger partial charge in [0.2, 0.25) is 5.91 Å². The summed E-state index contributed by atoms with van der Waals surface area (Å²) in [6.07, 6.45) is 1.19. The summed E-state index contributed by atoms with van der Waals surface area (Å²) in [7, 11) is 0. The third-order valence-electron chi connectivity index (χ3n) is 5.62. The number of phenols is 1. The van der Waals surface area contributed by atoms with Crippen molar-refractivity contribution in [2.45, 2.75) is 27.2 Å². The van der Waals surface area contributed by atoms with Crippen LogP contribution in [0.5, 0.6) is 5.75 Å². The normalized spacial score (nSPS) is 24.1. The number of piperidine rings is 1. The van der Waals surface area contributed by atoms with E-state index in [0.717, 1.165) is 18.7 Å². The van der Waals surface area contributed by atoms with Crippen LogP contribution >= 0.6 is 0 Å². The SMILES string of the molecule is Cc1ccc(O)c(C(=O)N2CCN(CC(=O)N3CC(C)CC(C)C3)CC2)c1. The molecule has 6 nitrogen and oxygen atoms in total. The number of nitrogens with zero attached hydrogens (tertiary/aromatic N) is 3. The Kier molecular flexibility index (Phi) is 6.05. The molecule has 2 heterocycles. The molecule has 6 heteroatoms. The fraction of sp³-hybridized carbons (Fsp3) is 0.619. The zero-order valence-electron chi connectivity index (χ0n) is 16.6. The van der Waals surface area contributed by atoms with Gasteiger partial charge in [0.15, 0.2) is 0 Å². The topological polar surface area (TPSA) is 64.1 Å². The van der Waals surface area contributed by atoms with Crippen LogP contribution in [0.15, 0.2) is 18.2 Å². The number of benzene rings is 1. The maximum absolute atomic E-state index is 12.7. The predicted molar refractivity (Wildman–Crippen MR) is 105 cm³/mol. The van der Waals surface area contributed by atoms with Crippen molar-refractivity contribution in [3.63, 3.8) is 0 Å². The Labute approximate surface area is 161 Å². The average molecular weight is 373 g/mol. The fourth-order valence-corrected chi connectivity index (χ4v) is 4.26. The first-order chi connectivity index (χ1) is 12.8. The van der Waals surface area contributed by atoms with Crippen molar-refractivity contribution in [1.29, 1.82) is 0 Å². The molecule has 2 atom stereocenters. The van der Waals surface area contributed by atoms with E-state index < -0.39 is 0 Å². The van der Waals surface area contributed by atoms with Gasteiger partial charge in [0.25, 0.3) is 5.91 Å². The highest BCUT2D eigenvalue weighted by Gasteiger charge is 2.29. The molecule has 1 aromatic rings. The van der Waals surface area contributed by atoms with Gasteiger partial charge in [-0.1, -0.05) is 25.5 Å². The van der Waals surface area contributed by atoms with Crippen molar-refractivity contribution in [1.82, 2.24) is 14.7 Å². The van der Waals surface area contributed by atoms with Crippen molar-refractivity contribution in [2.24, 2.45) is 11.8 Å². The molecule has 1 N–H and O–H groups in total. The number of amides is 2. The highest BCUT2D eigenvalue weighted by molar-refractivity contribution is 5.97. The average Bonchev–Trinajstić information content (AvgIpc) is 2.63. The minimum Gasteiger partial charge on any atom is -0.507 e. The number of rotatable bonds is 3. The number of aryl methyl sites for hydroxylation is 1. The monoisotopic (exact) mass is 373 g/mol. The number of carbonyl (C=O) groups excluding carboxylic acids is 2. The Morgan fingerprint density at radius 3 is 2.30 bits per heavy atom. The first-order valence-electron chi connectivity index (χ1n) is 9.92. The molecule has 2 unspecified atom stereocenters. The lowest BCUT2D eigenvalue weighted by molar-refractivity contribution is -0.135. The van der Waals surface area contributed by atoms with Gasteiger partial charge in [0.05, 0.1) is 12.1 Å². The molecule has 0 aromatic heterocycles. The number of aromatic hydroxyl groups is 1. The molecule has 0 aliphatic carbocycles. The first-order valence-corrected chi connectivity index (χ1v) is 9.92. The summed E-state index contributed by atoms with van der Waals surface area (Å²) in [5.41, 5.74) is 1.31. The summed E-state index contributed by atoms with van der Waals surface area (Å²) in [5, 5.41) is 9.99. The lowest BCUT2D eigenvalue weighted by Gasteiger charge is -2.38. The van der Waals surface area contributed by atoms with Gasteiger partial charge in [0.1, 0.15) is 5.75 Å². The van der Waals surface area contributed by atoms with Gasteiger partial charge in [-0.15, -0.1) is 0 Å². The van der Waals surface area contributed by atoms with E-state index in [-0.39, 0.29) is 17.6 Å². The Morgan fingerprint density at radius 2 is 1.67 bits per heavy atom. The van der Waals surface area contributed by atoms with Crippen LogP contribution < -0.4 is 0 Å². The molecule has 148 valence electrons. The fourth-order valence-electron chi connectivity index (χ4n) is 4.26. The molecule has 2 fully saturated rings. The van der Waals surface area contributed by atoms with Gasteiger partial charge < -0.3 is 14.9 Å². The maximum atomic E-state index is 12.7. The molecule has 2 amide bonds. The van der Waals surface area contributed by atoms with Crippen LogP contribution in [0.3, 0.4) is 0 Å². The molecule has 0 saturated carbocycles. The lowest BCUT2D eigenvalue weighted by Crippen LogP contribution is -2.53. The second-order valence-corrected chi connectivity index (χ2v) is 8.33. The Balaban J connectivity index is 1.52. The Morgan fingerprint density at radius 1 is 1.04 bits per heavy atom. The van der Waals surface area contributed by atoms with Crippen LogP contribution in [0, 0.1) is 18.8 Å². The number of hydrogen-bond acceptors (Lipinski definition) is 4. The van der Waals surface area contributed by atoms with E-state index in [0.29, 0.717) is 50.1 Å². The highest BCUT2D eigenvalue weighted by atomic mass is 16.3. The van der Waals surface area contributed by atoms with Gasteiger partial charge in [-0.05, 0) is 37.3 Å². The van der Waals surface area contributed by atoms with Crippen LogP contribution in [-0.4, -0.2) is 77.4 Å². The van der Waals surface area contributed by atoms with Crippen LogP contribution in [0.1, 0.15) is 36.2 Å². The first kappa shape index (κ1) is 19.7. The molecule has 2 aliphatic heterocycles. The standard InChI is InChI=1S/C21H31N3O3/c1-15-4-5-19(25)18(11-15)21(27)23-8-6-22(7-9-23)14-20(26)24-12-16(2)10-17(3)13-24/h4-5,11,16-17,25H,6-10,12-14H2,1-3H3. The van der Waals surface area contributed by atoms with E-state index >= 15 is 0 Å². The Hall–Kier alpha value is -2.08. The predicted octanol–water partition coefficient (Wildman–Crippen LogP) is 1.96. The molecule has 27 heavy (non-hydrogen) atoms. The van der Waals surface area contributed by atoms with Gasteiger partial charge in [-0.25, -0.2) is 0 Å². The molecule has 0 bridgehead atoms. The van der Waals surface area contributed by atoms with Crippen LogP contribution in [0.25, 0.3) is 0 Å². The van der Waals surface area contributed by atoms with E-state index in [1.807, 2.05) is 11.8 Å². The third kappa shape index (κ3) is 4.80. The summed E-state index contributed by atoms with van der Waals surface area (Å²) in [6.45, 7) is 11.0. The lowest BCUT2D eigenvalue weighted by atomic mass is 9.92. The molecule has 2 saturated heterocycles. The number of hydrogen-bond donors (Lipinski definition) is 1. The molecule has 0 spiro atoms. The zero-order valence-corrected chi connectivity index (χ0v) is 16.6. The maximum Gasteiger partial charge on any atom is 0.257 e. The third-order valence-corrected chi connectivity index (χ3v) is 5.62. The van der Waals surface area contributed by atoms with Crippen molar-refractivity contribution >= 4 is 11.8 Å². The molecule has 3 rings (SSSR count). The Bertz CT molecular complexity index is 688. The van der Waals surface area contributed by atoms with E-state index in [9.17, 15) is 14.7 Å². The largest absolute Gasteiger partial charge is 0.507 e. The van der Waals surface area contributed by atoms with Gasteiger partial charge in [-0.3, -0.25) is 14.5 Å². The van der Waals surface area contributed by atoms with E-state index in [2.05, 4.69) is 18.7 Å². The number of likely N-dealkylation sites (tertiary alicyclic amines) is 1. The van der Waals surface area contributed by atoms with Crippen molar-refractivity contribution in [3.05, 3.63) is 29.3 Å². The summed E-state index contributed by atoms with van der Waals surface area (Å²) in [6, 6.07) is 5.09. The van der Waals surface area contributed by atoms with Gasteiger partial charge >= 0.3 is 0 Å². The molecule has 2 aliphatic rings. The van der Waals surface area contributed by atoms with E-state index in [1.165, 1.54) is 6.42 Å². The summed E-state index contributed by atoms with van der Waals surface area (Å²) >= 11 is 0. The summed E-state index contributed by atoms with van der Waals surface area (Å²) < 4.78 is 0. The quantitative estimate of drug-likeness (QED) is 0.880. The second-order valence-electron chi connectivity index (χ2n) is 8.33. The van der Waals surface area contributed by atoms with E-state index in [4.69, 9.17) is 0 Å². The minimum atomic E-state index is -0.138. The molecule has 1 aromatic carbocycles. The van der Waals surface area contributed by atoms with Crippen LogP contribution in [-0.2, 0) is 4.79 Å². The number of piperazine rings is 1. The highest BCUT2D eigenvalue weighted by Crippen LogP contribution is 2.22. The molecule has 0 radical (unpaired) electrons. The number of phenolic OH excluding ortho intramolecular Hbond substituents is 1. The van der Waals surface area contributed by atoms with E-state index in [1.54, 1.807) is 23.1 Å². The summed E-state index contributed by atoms with van der Waals surface area (Å²) in [4.78, 5) is 31.2. The minimum absolute atomic E-state index is 0.0246. The summed E-state index contributed by atoms with van der Waals surface area (Å²) in [5.74, 6) is 1.21. The van der Waals surface area contributed by atoms with Crippen LogP contribution in [0.4, 0.5) is 0 Å².